The second-order valence-electron chi connectivity index (χ2n) is 4.33. The van der Waals surface area contributed by atoms with Crippen LogP contribution >= 0.6 is 15.9 Å². The van der Waals surface area contributed by atoms with Crippen LogP contribution in [-0.2, 0) is 6.42 Å². The van der Waals surface area contributed by atoms with Gasteiger partial charge >= 0.3 is 0 Å². The van der Waals surface area contributed by atoms with E-state index in [1.165, 1.54) is 16.3 Å². The first kappa shape index (κ1) is 11.6. The first-order valence-electron chi connectivity index (χ1n) is 5.58. The fourth-order valence-corrected chi connectivity index (χ4v) is 2.31. The molecule has 2 N–H and O–H groups in total. The zero-order valence-corrected chi connectivity index (χ0v) is 11.0. The molecule has 0 spiro atoms. The first-order valence-corrected chi connectivity index (χ1v) is 6.37. The summed E-state index contributed by atoms with van der Waals surface area (Å²) in [6, 6.07) is 12.9. The maximum atomic E-state index is 5.68. The Morgan fingerprint density at radius 1 is 1.25 bits per heavy atom. The number of hydrogen-bond donors (Lipinski definition) is 1. The van der Waals surface area contributed by atoms with Gasteiger partial charge in [0.15, 0.2) is 0 Å². The first-order chi connectivity index (χ1) is 7.70. The maximum absolute atomic E-state index is 5.68. The number of halogens is 1. The molecule has 0 radical (unpaired) electrons. The van der Waals surface area contributed by atoms with Gasteiger partial charge in [-0.25, -0.2) is 0 Å². The maximum Gasteiger partial charge on any atom is 0.0181 e. The Balaban J connectivity index is 2.47. The number of fused-ring (bicyclic) bond motifs is 1. The average Bonchev–Trinajstić information content (AvgIpc) is 2.29. The molecule has 0 saturated carbocycles. The second kappa shape index (κ2) is 4.98. The third-order valence-corrected chi connectivity index (χ3v) is 3.40. The van der Waals surface area contributed by atoms with Crippen molar-refractivity contribution in [3.63, 3.8) is 0 Å². The molecule has 0 bridgehead atoms. The zero-order chi connectivity index (χ0) is 11.5. The van der Waals surface area contributed by atoms with E-state index in [9.17, 15) is 0 Å². The van der Waals surface area contributed by atoms with Crippen LogP contribution in [0.25, 0.3) is 10.8 Å². The van der Waals surface area contributed by atoms with E-state index in [0.717, 1.165) is 17.4 Å². The summed E-state index contributed by atoms with van der Waals surface area (Å²) in [7, 11) is 0. The molecule has 0 aliphatic rings. The van der Waals surface area contributed by atoms with E-state index < -0.39 is 0 Å². The van der Waals surface area contributed by atoms with E-state index in [0.29, 0.717) is 5.92 Å². The highest BCUT2D eigenvalue weighted by atomic mass is 79.9. The van der Waals surface area contributed by atoms with Gasteiger partial charge in [-0.05, 0) is 47.4 Å². The lowest BCUT2D eigenvalue weighted by atomic mass is 9.96. The van der Waals surface area contributed by atoms with Crippen molar-refractivity contribution in [3.05, 3.63) is 46.4 Å². The molecule has 2 rings (SSSR count). The standard InChI is InChI=1S/C14H16BrN/c1-10(9-16)7-12-4-2-3-11-5-6-13(15)8-14(11)12/h2-6,8,10H,7,9,16H2,1H3. The SMILES string of the molecule is CC(CN)Cc1cccc2ccc(Br)cc12. The summed E-state index contributed by atoms with van der Waals surface area (Å²) in [5.41, 5.74) is 7.07. The summed E-state index contributed by atoms with van der Waals surface area (Å²) in [4.78, 5) is 0. The molecule has 0 aliphatic carbocycles. The van der Waals surface area contributed by atoms with Crippen molar-refractivity contribution in [2.45, 2.75) is 13.3 Å². The highest BCUT2D eigenvalue weighted by Crippen LogP contribution is 2.24. The molecule has 2 aromatic rings. The third-order valence-electron chi connectivity index (χ3n) is 2.91. The van der Waals surface area contributed by atoms with Crippen LogP contribution in [0.4, 0.5) is 0 Å². The molecule has 16 heavy (non-hydrogen) atoms. The largest absolute Gasteiger partial charge is 0.330 e. The van der Waals surface area contributed by atoms with Gasteiger partial charge in [-0.2, -0.15) is 0 Å². The minimum atomic E-state index is 0.532. The van der Waals surface area contributed by atoms with Crippen LogP contribution in [-0.4, -0.2) is 6.54 Å². The van der Waals surface area contributed by atoms with Gasteiger partial charge in [-0.3, -0.25) is 0 Å². The zero-order valence-electron chi connectivity index (χ0n) is 9.41. The van der Waals surface area contributed by atoms with Gasteiger partial charge in [0.2, 0.25) is 0 Å². The highest BCUT2D eigenvalue weighted by Gasteiger charge is 2.05. The van der Waals surface area contributed by atoms with Crippen LogP contribution < -0.4 is 5.73 Å². The van der Waals surface area contributed by atoms with Crippen LogP contribution in [0.3, 0.4) is 0 Å². The van der Waals surface area contributed by atoms with Gasteiger partial charge < -0.3 is 5.73 Å². The summed E-state index contributed by atoms with van der Waals surface area (Å²) >= 11 is 3.53. The Labute approximate surface area is 105 Å². The van der Waals surface area contributed by atoms with Gasteiger partial charge in [-0.15, -0.1) is 0 Å². The Morgan fingerprint density at radius 2 is 2.06 bits per heavy atom. The summed E-state index contributed by atoms with van der Waals surface area (Å²) in [6.07, 6.45) is 1.05. The van der Waals surface area contributed by atoms with Crippen LogP contribution in [0.2, 0.25) is 0 Å². The molecular weight excluding hydrogens is 262 g/mol. The van der Waals surface area contributed by atoms with Crippen LogP contribution in [0, 0.1) is 5.92 Å². The fourth-order valence-electron chi connectivity index (χ4n) is 1.95. The van der Waals surface area contributed by atoms with Crippen molar-refractivity contribution < 1.29 is 0 Å². The second-order valence-corrected chi connectivity index (χ2v) is 5.24. The Bertz CT molecular complexity index is 493. The topological polar surface area (TPSA) is 26.0 Å². The molecule has 1 nitrogen and oxygen atoms in total. The molecule has 2 aromatic carbocycles. The van der Waals surface area contributed by atoms with Gasteiger partial charge in [0.1, 0.15) is 0 Å². The molecule has 0 amide bonds. The van der Waals surface area contributed by atoms with Crippen molar-refractivity contribution in [1.29, 1.82) is 0 Å². The quantitative estimate of drug-likeness (QED) is 0.909. The summed E-state index contributed by atoms with van der Waals surface area (Å²) in [6.45, 7) is 2.93. The van der Waals surface area contributed by atoms with Crippen LogP contribution in [0.15, 0.2) is 40.9 Å². The summed E-state index contributed by atoms with van der Waals surface area (Å²) < 4.78 is 1.13. The lowest BCUT2D eigenvalue weighted by Crippen LogP contribution is -2.13. The predicted octanol–water partition coefficient (Wildman–Crippen LogP) is 3.74. The van der Waals surface area contributed by atoms with E-state index in [-0.39, 0.29) is 0 Å². The molecule has 0 aliphatic heterocycles. The van der Waals surface area contributed by atoms with Crippen molar-refractivity contribution in [3.8, 4) is 0 Å². The fraction of sp³-hybridized carbons (Fsp3) is 0.286. The molecule has 84 valence electrons. The van der Waals surface area contributed by atoms with Crippen molar-refractivity contribution in [1.82, 2.24) is 0 Å². The lowest BCUT2D eigenvalue weighted by molar-refractivity contribution is 0.595. The normalized spacial score (nSPS) is 12.9. The molecule has 0 fully saturated rings. The molecule has 1 atom stereocenters. The van der Waals surface area contributed by atoms with Crippen LogP contribution in [0.5, 0.6) is 0 Å². The highest BCUT2D eigenvalue weighted by molar-refractivity contribution is 9.10. The Kier molecular flexibility index (Phi) is 3.62. The van der Waals surface area contributed by atoms with Gasteiger partial charge in [0.05, 0.1) is 0 Å². The van der Waals surface area contributed by atoms with Crippen molar-refractivity contribution in [2.24, 2.45) is 11.7 Å². The molecule has 0 heterocycles. The van der Waals surface area contributed by atoms with E-state index in [2.05, 4.69) is 59.3 Å². The molecular formula is C14H16BrN. The molecule has 0 aromatic heterocycles. The summed E-state index contributed by atoms with van der Waals surface area (Å²) in [5, 5.41) is 2.63. The van der Waals surface area contributed by atoms with Crippen molar-refractivity contribution >= 4 is 26.7 Å². The number of hydrogen-bond acceptors (Lipinski definition) is 1. The minimum absolute atomic E-state index is 0.532. The van der Waals surface area contributed by atoms with Crippen molar-refractivity contribution in [2.75, 3.05) is 6.54 Å². The van der Waals surface area contributed by atoms with Crippen LogP contribution in [0.1, 0.15) is 12.5 Å². The molecule has 2 heteroatoms. The predicted molar refractivity (Wildman–Crippen MR) is 73.6 cm³/mol. The van der Waals surface area contributed by atoms with Gasteiger partial charge in [0, 0.05) is 4.47 Å². The summed E-state index contributed by atoms with van der Waals surface area (Å²) in [5.74, 6) is 0.532. The number of rotatable bonds is 3. The number of benzene rings is 2. The Morgan fingerprint density at radius 3 is 2.81 bits per heavy atom. The number of nitrogens with two attached hydrogens (primary N) is 1. The third kappa shape index (κ3) is 2.45. The van der Waals surface area contributed by atoms with E-state index >= 15 is 0 Å². The van der Waals surface area contributed by atoms with E-state index in [1.54, 1.807) is 0 Å². The van der Waals surface area contributed by atoms with Gasteiger partial charge in [0.25, 0.3) is 0 Å². The minimum Gasteiger partial charge on any atom is -0.330 e. The lowest BCUT2D eigenvalue weighted by Gasteiger charge is -2.11. The van der Waals surface area contributed by atoms with E-state index in [1.807, 2.05) is 0 Å². The molecule has 1 unspecified atom stereocenters. The Hall–Kier alpha value is -0.860. The van der Waals surface area contributed by atoms with Gasteiger partial charge in [-0.1, -0.05) is 47.1 Å². The molecule has 0 saturated heterocycles. The van der Waals surface area contributed by atoms with E-state index in [4.69, 9.17) is 5.73 Å². The smallest absolute Gasteiger partial charge is 0.0181 e. The average molecular weight is 278 g/mol. The monoisotopic (exact) mass is 277 g/mol.